The van der Waals surface area contributed by atoms with Crippen molar-refractivity contribution in [1.82, 2.24) is 5.32 Å². The molecule has 1 amide bonds. The normalized spacial score (nSPS) is 15.3. The fourth-order valence-corrected chi connectivity index (χ4v) is 3.65. The summed E-state index contributed by atoms with van der Waals surface area (Å²) in [6.07, 6.45) is 3.85. The molecule has 3 rings (SSSR count). The van der Waals surface area contributed by atoms with Crippen molar-refractivity contribution in [3.05, 3.63) is 63.9 Å². The summed E-state index contributed by atoms with van der Waals surface area (Å²) in [4.78, 5) is 12.4. The van der Waals surface area contributed by atoms with Gasteiger partial charge in [-0.2, -0.15) is 0 Å². The van der Waals surface area contributed by atoms with Crippen molar-refractivity contribution in [2.45, 2.75) is 37.6 Å². The Bertz CT molecular complexity index is 774. The Morgan fingerprint density at radius 3 is 2.68 bits per heavy atom. The molecule has 1 N–H and O–H groups in total. The highest BCUT2D eigenvalue weighted by Gasteiger charge is 2.39. The van der Waals surface area contributed by atoms with E-state index in [1.165, 1.54) is 13.2 Å². The molecule has 0 spiro atoms. The molecule has 0 bridgehead atoms. The van der Waals surface area contributed by atoms with Gasteiger partial charge in [-0.15, -0.1) is 0 Å². The quantitative estimate of drug-likeness (QED) is 0.754. The van der Waals surface area contributed by atoms with E-state index in [2.05, 4.69) is 33.4 Å². The highest BCUT2D eigenvalue weighted by atomic mass is 79.9. The summed E-state index contributed by atoms with van der Waals surface area (Å²) in [5.41, 5.74) is 1.67. The number of methoxy groups -OCH3 is 1. The minimum absolute atomic E-state index is 0.00379. The second-order valence-electron chi connectivity index (χ2n) is 6.46. The van der Waals surface area contributed by atoms with Gasteiger partial charge in [-0.3, -0.25) is 4.79 Å². The number of ether oxygens (including phenoxy) is 1. The lowest BCUT2D eigenvalue weighted by Gasteiger charge is -2.43. The number of benzene rings is 2. The van der Waals surface area contributed by atoms with Crippen molar-refractivity contribution in [3.8, 4) is 5.75 Å². The van der Waals surface area contributed by atoms with Crippen LogP contribution in [0, 0.1) is 5.82 Å². The van der Waals surface area contributed by atoms with Crippen molar-refractivity contribution in [1.29, 1.82) is 0 Å². The van der Waals surface area contributed by atoms with Gasteiger partial charge in [0.1, 0.15) is 0 Å². The van der Waals surface area contributed by atoms with Gasteiger partial charge in [0.05, 0.1) is 12.6 Å². The van der Waals surface area contributed by atoms with Gasteiger partial charge in [0.25, 0.3) is 0 Å². The van der Waals surface area contributed by atoms with Gasteiger partial charge < -0.3 is 10.1 Å². The van der Waals surface area contributed by atoms with E-state index < -0.39 is 5.82 Å². The van der Waals surface area contributed by atoms with Gasteiger partial charge in [-0.25, -0.2) is 4.39 Å². The first-order valence-corrected chi connectivity index (χ1v) is 9.21. The van der Waals surface area contributed by atoms with E-state index in [-0.39, 0.29) is 17.2 Å². The summed E-state index contributed by atoms with van der Waals surface area (Å²) in [5, 5.41) is 3.20. The molecule has 1 fully saturated rings. The monoisotopic (exact) mass is 405 g/mol. The molecular formula is C20H21BrFNO2. The number of hydrogen-bond donors (Lipinski definition) is 1. The summed E-state index contributed by atoms with van der Waals surface area (Å²) in [7, 11) is 1.44. The molecule has 0 heterocycles. The summed E-state index contributed by atoms with van der Waals surface area (Å²) in [6.45, 7) is 0. The zero-order valence-electron chi connectivity index (χ0n) is 14.1. The lowest BCUT2D eigenvalue weighted by atomic mass is 9.71. The first-order valence-electron chi connectivity index (χ1n) is 8.42. The number of rotatable bonds is 6. The van der Waals surface area contributed by atoms with Crippen LogP contribution in [-0.2, 0) is 16.8 Å². The average Bonchev–Trinajstić information content (AvgIpc) is 2.56. The Morgan fingerprint density at radius 2 is 2.08 bits per heavy atom. The van der Waals surface area contributed by atoms with Crippen LogP contribution >= 0.6 is 15.9 Å². The van der Waals surface area contributed by atoms with Crippen LogP contribution in [0.3, 0.4) is 0 Å². The highest BCUT2D eigenvalue weighted by molar-refractivity contribution is 9.10. The second-order valence-corrected chi connectivity index (χ2v) is 7.38. The summed E-state index contributed by atoms with van der Waals surface area (Å²) < 4.78 is 19.7. The maximum atomic E-state index is 13.7. The Balaban J connectivity index is 1.62. The maximum Gasteiger partial charge on any atom is 0.221 e. The third-order valence-corrected chi connectivity index (χ3v) is 5.31. The number of nitrogens with one attached hydrogen (secondary N) is 1. The summed E-state index contributed by atoms with van der Waals surface area (Å²) in [6, 6.07) is 12.9. The van der Waals surface area contributed by atoms with E-state index in [0.717, 1.165) is 34.9 Å². The lowest BCUT2D eigenvalue weighted by Crippen LogP contribution is -2.50. The maximum absolute atomic E-state index is 13.7. The molecule has 132 valence electrons. The zero-order valence-corrected chi connectivity index (χ0v) is 15.7. The molecule has 25 heavy (non-hydrogen) atoms. The Hall–Kier alpha value is -1.88. The number of carbonyl (C=O) groups is 1. The first-order chi connectivity index (χ1) is 12.0. The molecule has 3 nitrogen and oxygen atoms in total. The van der Waals surface area contributed by atoms with Crippen LogP contribution in [0.5, 0.6) is 5.75 Å². The molecule has 0 saturated heterocycles. The molecule has 1 aliphatic carbocycles. The average molecular weight is 406 g/mol. The number of hydrogen-bond acceptors (Lipinski definition) is 2. The number of carbonyl (C=O) groups excluding carboxylic acids is 1. The minimum Gasteiger partial charge on any atom is -0.494 e. The van der Waals surface area contributed by atoms with Crippen molar-refractivity contribution in [2.24, 2.45) is 0 Å². The van der Waals surface area contributed by atoms with Crippen LogP contribution in [0.4, 0.5) is 4.39 Å². The zero-order chi connectivity index (χ0) is 17.9. The Labute approximate surface area is 155 Å². The van der Waals surface area contributed by atoms with Crippen LogP contribution in [0.15, 0.2) is 46.9 Å². The standard InChI is InChI=1S/C20H21BrFNO2/c1-25-18-8-6-14(12-17(18)22)7-9-19(24)23-20(10-3-11-20)15-4-2-5-16(21)13-15/h2,4-6,8,12-13H,3,7,9-11H2,1H3,(H,23,24). The van der Waals surface area contributed by atoms with Crippen LogP contribution in [0.2, 0.25) is 0 Å². The third kappa shape index (κ3) is 4.03. The fraction of sp³-hybridized carbons (Fsp3) is 0.350. The van der Waals surface area contributed by atoms with E-state index in [0.29, 0.717) is 12.8 Å². The third-order valence-electron chi connectivity index (χ3n) is 4.82. The largest absolute Gasteiger partial charge is 0.494 e. The van der Waals surface area contributed by atoms with Crippen LogP contribution in [0.1, 0.15) is 36.8 Å². The predicted molar refractivity (Wildman–Crippen MR) is 99.1 cm³/mol. The Morgan fingerprint density at radius 1 is 1.28 bits per heavy atom. The molecule has 0 aromatic heterocycles. The van der Waals surface area contributed by atoms with Gasteiger partial charge >= 0.3 is 0 Å². The molecule has 1 aliphatic rings. The molecule has 0 atom stereocenters. The van der Waals surface area contributed by atoms with Gasteiger partial charge in [0.15, 0.2) is 11.6 Å². The topological polar surface area (TPSA) is 38.3 Å². The predicted octanol–water partition coefficient (Wildman–Crippen LogP) is 4.73. The SMILES string of the molecule is COc1ccc(CCC(=O)NC2(c3cccc(Br)c3)CCC2)cc1F. The second kappa shape index (κ2) is 7.56. The molecule has 2 aromatic rings. The summed E-state index contributed by atoms with van der Waals surface area (Å²) in [5.74, 6) is -0.183. The van der Waals surface area contributed by atoms with Crippen LogP contribution in [-0.4, -0.2) is 13.0 Å². The van der Waals surface area contributed by atoms with E-state index in [4.69, 9.17) is 4.74 Å². The smallest absolute Gasteiger partial charge is 0.221 e. The van der Waals surface area contributed by atoms with Crippen LogP contribution in [0.25, 0.3) is 0 Å². The number of aryl methyl sites for hydroxylation is 1. The first kappa shape index (κ1) is 17.9. The van der Waals surface area contributed by atoms with Crippen LogP contribution < -0.4 is 10.1 Å². The molecule has 0 radical (unpaired) electrons. The lowest BCUT2D eigenvalue weighted by molar-refractivity contribution is -0.124. The van der Waals surface area contributed by atoms with Crippen molar-refractivity contribution in [3.63, 3.8) is 0 Å². The number of halogens is 2. The van der Waals surface area contributed by atoms with Gasteiger partial charge in [-0.1, -0.05) is 34.1 Å². The molecule has 2 aromatic carbocycles. The molecule has 0 unspecified atom stereocenters. The van der Waals surface area contributed by atoms with E-state index in [1.54, 1.807) is 12.1 Å². The molecule has 5 heteroatoms. The van der Waals surface area contributed by atoms with Gasteiger partial charge in [0.2, 0.25) is 5.91 Å². The minimum atomic E-state index is -0.398. The molecule has 1 saturated carbocycles. The highest BCUT2D eigenvalue weighted by Crippen LogP contribution is 2.42. The Kier molecular flexibility index (Phi) is 5.42. The van der Waals surface area contributed by atoms with E-state index in [1.807, 2.05) is 12.1 Å². The van der Waals surface area contributed by atoms with Gasteiger partial charge in [0, 0.05) is 10.9 Å². The van der Waals surface area contributed by atoms with E-state index in [9.17, 15) is 9.18 Å². The molecular weight excluding hydrogens is 385 g/mol. The summed E-state index contributed by atoms with van der Waals surface area (Å²) >= 11 is 3.50. The fourth-order valence-electron chi connectivity index (χ4n) is 3.25. The van der Waals surface area contributed by atoms with Gasteiger partial charge in [-0.05, 0) is 61.1 Å². The van der Waals surface area contributed by atoms with Crippen molar-refractivity contribution < 1.29 is 13.9 Å². The van der Waals surface area contributed by atoms with Crippen molar-refractivity contribution >= 4 is 21.8 Å². The molecule has 0 aliphatic heterocycles. The van der Waals surface area contributed by atoms with Crippen molar-refractivity contribution in [2.75, 3.05) is 7.11 Å². The number of amides is 1. The van der Waals surface area contributed by atoms with E-state index >= 15 is 0 Å².